The van der Waals surface area contributed by atoms with Crippen molar-refractivity contribution in [1.29, 1.82) is 0 Å². The first-order valence-corrected chi connectivity index (χ1v) is 9.84. The molecule has 0 radical (unpaired) electrons. The van der Waals surface area contributed by atoms with Crippen LogP contribution in [-0.4, -0.2) is 39.9 Å². The van der Waals surface area contributed by atoms with Crippen LogP contribution in [0.4, 0.5) is 17.1 Å². The van der Waals surface area contributed by atoms with E-state index < -0.39 is 10.0 Å². The molecule has 1 fully saturated rings. The molecular formula is C18H20N4O4S. The molecule has 0 spiro atoms. The maximum atomic E-state index is 12.7. The number of nitrogens with zero attached hydrogens (tertiary/aromatic N) is 1. The van der Waals surface area contributed by atoms with E-state index in [1.54, 1.807) is 24.3 Å². The van der Waals surface area contributed by atoms with Gasteiger partial charge in [0.05, 0.1) is 22.8 Å². The Bertz CT molecular complexity index is 958. The molecule has 1 aliphatic rings. The fourth-order valence-corrected chi connectivity index (χ4v) is 3.88. The van der Waals surface area contributed by atoms with Gasteiger partial charge in [-0.2, -0.15) is 0 Å². The van der Waals surface area contributed by atoms with Gasteiger partial charge in [-0.1, -0.05) is 12.1 Å². The maximum Gasteiger partial charge on any atom is 0.261 e. The molecule has 3 N–H and O–H groups in total. The number of anilines is 3. The van der Waals surface area contributed by atoms with Crippen LogP contribution in [-0.2, 0) is 19.6 Å². The summed E-state index contributed by atoms with van der Waals surface area (Å²) in [4.78, 5) is 24.6. The third-order valence-corrected chi connectivity index (χ3v) is 5.39. The van der Waals surface area contributed by atoms with Crippen molar-refractivity contribution in [3.8, 4) is 0 Å². The highest BCUT2D eigenvalue weighted by atomic mass is 32.2. The lowest BCUT2D eigenvalue weighted by atomic mass is 10.2. The Morgan fingerprint density at radius 3 is 2.48 bits per heavy atom. The molecule has 0 unspecified atom stereocenters. The van der Waals surface area contributed by atoms with E-state index in [-0.39, 0.29) is 23.3 Å². The number of hydrogen-bond donors (Lipinski definition) is 3. The Kier molecular flexibility index (Phi) is 5.31. The molecule has 3 rings (SSSR count). The van der Waals surface area contributed by atoms with E-state index in [1.165, 1.54) is 31.2 Å². The second kappa shape index (κ2) is 7.67. The van der Waals surface area contributed by atoms with Gasteiger partial charge in [-0.15, -0.1) is 0 Å². The number of carbonyl (C=O) groups excluding carboxylic acids is 2. The molecule has 2 aromatic rings. The normalized spacial score (nSPS) is 14.4. The average molecular weight is 388 g/mol. The van der Waals surface area contributed by atoms with Crippen LogP contribution in [0.3, 0.4) is 0 Å². The minimum absolute atomic E-state index is 0.0720. The SMILES string of the molecule is CC(=O)Nc1ccc(S(=O)(=O)Nc2ccccc2N2CCNC(=O)C2)cc1. The van der Waals surface area contributed by atoms with E-state index in [2.05, 4.69) is 15.4 Å². The molecule has 0 aromatic heterocycles. The molecule has 27 heavy (non-hydrogen) atoms. The minimum Gasteiger partial charge on any atom is -0.359 e. The number of nitrogens with one attached hydrogen (secondary N) is 3. The first-order valence-electron chi connectivity index (χ1n) is 8.36. The summed E-state index contributed by atoms with van der Waals surface area (Å²) in [5.74, 6) is -0.337. The lowest BCUT2D eigenvalue weighted by Gasteiger charge is -2.30. The van der Waals surface area contributed by atoms with Crippen LogP contribution < -0.4 is 20.3 Å². The van der Waals surface area contributed by atoms with Gasteiger partial charge in [0, 0.05) is 25.7 Å². The van der Waals surface area contributed by atoms with E-state index >= 15 is 0 Å². The summed E-state index contributed by atoms with van der Waals surface area (Å²) in [5, 5.41) is 5.34. The van der Waals surface area contributed by atoms with Crippen LogP contribution in [0.5, 0.6) is 0 Å². The lowest BCUT2D eigenvalue weighted by molar-refractivity contribution is -0.120. The van der Waals surface area contributed by atoms with Gasteiger partial charge in [-0.25, -0.2) is 8.42 Å². The minimum atomic E-state index is -3.82. The van der Waals surface area contributed by atoms with Crippen LogP contribution >= 0.6 is 0 Å². The maximum absolute atomic E-state index is 12.7. The van der Waals surface area contributed by atoms with E-state index in [0.717, 1.165) is 0 Å². The largest absolute Gasteiger partial charge is 0.359 e. The molecule has 1 aliphatic heterocycles. The monoisotopic (exact) mass is 388 g/mol. The fourth-order valence-electron chi connectivity index (χ4n) is 2.80. The van der Waals surface area contributed by atoms with Crippen LogP contribution in [0.15, 0.2) is 53.4 Å². The highest BCUT2D eigenvalue weighted by molar-refractivity contribution is 7.92. The quantitative estimate of drug-likeness (QED) is 0.717. The first-order chi connectivity index (χ1) is 12.8. The summed E-state index contributed by atoms with van der Waals surface area (Å²) in [6.07, 6.45) is 0. The number of hydrogen-bond acceptors (Lipinski definition) is 5. The van der Waals surface area contributed by atoms with Gasteiger partial charge >= 0.3 is 0 Å². The zero-order valence-corrected chi connectivity index (χ0v) is 15.5. The van der Waals surface area contributed by atoms with Crippen molar-refractivity contribution >= 4 is 38.9 Å². The molecular weight excluding hydrogens is 368 g/mol. The molecule has 2 amide bonds. The first kappa shape index (κ1) is 18.7. The second-order valence-corrected chi connectivity index (χ2v) is 7.78. The fraction of sp³-hybridized carbons (Fsp3) is 0.222. The predicted octanol–water partition coefficient (Wildman–Crippen LogP) is 1.38. The van der Waals surface area contributed by atoms with Gasteiger partial charge < -0.3 is 15.5 Å². The molecule has 1 saturated heterocycles. The highest BCUT2D eigenvalue weighted by Crippen LogP contribution is 2.28. The lowest BCUT2D eigenvalue weighted by Crippen LogP contribution is -2.47. The zero-order chi connectivity index (χ0) is 19.4. The molecule has 9 heteroatoms. The Labute approximate surface area is 157 Å². The number of piperazine rings is 1. The van der Waals surface area contributed by atoms with Gasteiger partial charge in [-0.05, 0) is 36.4 Å². The summed E-state index contributed by atoms with van der Waals surface area (Å²) in [6, 6.07) is 12.8. The van der Waals surface area contributed by atoms with Gasteiger partial charge in [0.25, 0.3) is 10.0 Å². The summed E-state index contributed by atoms with van der Waals surface area (Å²) in [6.45, 7) is 2.65. The van der Waals surface area contributed by atoms with Gasteiger partial charge in [-0.3, -0.25) is 14.3 Å². The van der Waals surface area contributed by atoms with Crippen molar-refractivity contribution in [2.75, 3.05) is 34.6 Å². The van der Waals surface area contributed by atoms with Crippen molar-refractivity contribution in [1.82, 2.24) is 5.32 Å². The smallest absolute Gasteiger partial charge is 0.261 e. The number of sulfonamides is 1. The van der Waals surface area contributed by atoms with Crippen molar-refractivity contribution in [2.24, 2.45) is 0 Å². The Balaban J connectivity index is 1.84. The number of para-hydroxylation sites is 2. The molecule has 1 heterocycles. The van der Waals surface area contributed by atoms with E-state index in [9.17, 15) is 18.0 Å². The number of rotatable bonds is 5. The average Bonchev–Trinajstić information content (AvgIpc) is 2.62. The third kappa shape index (κ3) is 4.56. The van der Waals surface area contributed by atoms with Crippen LogP contribution in [0.25, 0.3) is 0 Å². The molecule has 0 atom stereocenters. The predicted molar refractivity (Wildman–Crippen MR) is 103 cm³/mol. The summed E-state index contributed by atoms with van der Waals surface area (Å²) < 4.78 is 28.1. The Morgan fingerprint density at radius 2 is 1.81 bits per heavy atom. The molecule has 0 saturated carbocycles. The van der Waals surface area contributed by atoms with Crippen LogP contribution in [0.1, 0.15) is 6.92 Å². The van der Waals surface area contributed by atoms with Crippen LogP contribution in [0, 0.1) is 0 Å². The molecule has 8 nitrogen and oxygen atoms in total. The third-order valence-electron chi connectivity index (χ3n) is 4.01. The summed E-state index contributed by atoms with van der Waals surface area (Å²) in [5.41, 5.74) is 1.56. The number of benzene rings is 2. The standard InChI is InChI=1S/C18H20N4O4S/c1-13(23)20-14-6-8-15(9-7-14)27(25,26)21-16-4-2-3-5-17(16)22-11-10-19-18(24)12-22/h2-9,21H,10-12H2,1H3,(H,19,24)(H,20,23). The van der Waals surface area contributed by atoms with Crippen molar-refractivity contribution in [3.05, 3.63) is 48.5 Å². The second-order valence-electron chi connectivity index (χ2n) is 6.10. The molecule has 142 valence electrons. The number of amides is 2. The van der Waals surface area contributed by atoms with Crippen molar-refractivity contribution in [2.45, 2.75) is 11.8 Å². The van der Waals surface area contributed by atoms with E-state index in [4.69, 9.17) is 0 Å². The summed E-state index contributed by atoms with van der Waals surface area (Å²) in [7, 11) is -3.82. The number of carbonyl (C=O) groups is 2. The van der Waals surface area contributed by atoms with Gasteiger partial charge in [0.1, 0.15) is 0 Å². The van der Waals surface area contributed by atoms with Crippen molar-refractivity contribution in [3.63, 3.8) is 0 Å². The van der Waals surface area contributed by atoms with Crippen molar-refractivity contribution < 1.29 is 18.0 Å². The van der Waals surface area contributed by atoms with Crippen LogP contribution in [0.2, 0.25) is 0 Å². The van der Waals surface area contributed by atoms with Gasteiger partial charge in [0.15, 0.2) is 0 Å². The van der Waals surface area contributed by atoms with E-state index in [0.29, 0.717) is 30.2 Å². The Hall–Kier alpha value is -3.07. The molecule has 0 bridgehead atoms. The summed E-state index contributed by atoms with van der Waals surface area (Å²) >= 11 is 0. The molecule has 0 aliphatic carbocycles. The topological polar surface area (TPSA) is 108 Å². The van der Waals surface area contributed by atoms with Gasteiger partial charge in [0.2, 0.25) is 11.8 Å². The molecule has 2 aromatic carbocycles. The van der Waals surface area contributed by atoms with E-state index in [1.807, 2.05) is 4.90 Å². The zero-order valence-electron chi connectivity index (χ0n) is 14.7. The Morgan fingerprint density at radius 1 is 1.11 bits per heavy atom. The highest BCUT2D eigenvalue weighted by Gasteiger charge is 2.21.